The largest absolute Gasteiger partial charge is 0.355 e. The molecule has 0 spiro atoms. The van der Waals surface area contributed by atoms with E-state index in [0.29, 0.717) is 11.8 Å². The Labute approximate surface area is 108 Å². The molecule has 1 aromatic rings. The third-order valence-corrected chi connectivity index (χ3v) is 3.78. The molecular weight excluding hydrogens is 230 g/mol. The molecule has 1 unspecified atom stereocenters. The summed E-state index contributed by atoms with van der Waals surface area (Å²) in [7, 11) is 0. The molecule has 1 fully saturated rings. The van der Waals surface area contributed by atoms with Crippen LogP contribution in [0.25, 0.3) is 0 Å². The van der Waals surface area contributed by atoms with Crippen molar-refractivity contribution in [3.05, 3.63) is 35.9 Å². The van der Waals surface area contributed by atoms with Crippen molar-refractivity contribution in [3.63, 3.8) is 0 Å². The highest BCUT2D eigenvalue weighted by molar-refractivity contribution is 7.81. The summed E-state index contributed by atoms with van der Waals surface area (Å²) in [6, 6.07) is 10.0. The first-order valence-electron chi connectivity index (χ1n) is 6.09. The van der Waals surface area contributed by atoms with Crippen molar-refractivity contribution in [1.82, 2.24) is 5.32 Å². The number of hydrogen-bond donors (Lipinski definition) is 2. The number of benzene rings is 1. The van der Waals surface area contributed by atoms with Gasteiger partial charge in [0.05, 0.1) is 5.25 Å². The summed E-state index contributed by atoms with van der Waals surface area (Å²) in [6.45, 7) is 3.00. The van der Waals surface area contributed by atoms with E-state index >= 15 is 0 Å². The third kappa shape index (κ3) is 3.77. The second kappa shape index (κ2) is 5.13. The average Bonchev–Trinajstić information content (AvgIpc) is 3.06. The quantitative estimate of drug-likeness (QED) is 0.771. The van der Waals surface area contributed by atoms with Crippen LogP contribution >= 0.6 is 12.6 Å². The SMILES string of the molecule is CC1(CNC(=O)C(S)Cc2ccccc2)CC1. The van der Waals surface area contributed by atoms with E-state index < -0.39 is 0 Å². The molecule has 0 saturated heterocycles. The summed E-state index contributed by atoms with van der Waals surface area (Å²) in [5.74, 6) is 0.0466. The first-order valence-corrected chi connectivity index (χ1v) is 6.60. The standard InChI is InChI=1S/C14H19NOS/c1-14(7-8-14)10-15-13(16)12(17)9-11-5-3-2-4-6-11/h2-6,12,17H,7-10H2,1H3,(H,15,16). The molecule has 1 atom stereocenters. The van der Waals surface area contributed by atoms with Gasteiger partial charge in [-0.25, -0.2) is 0 Å². The lowest BCUT2D eigenvalue weighted by Crippen LogP contribution is -2.36. The number of carbonyl (C=O) groups is 1. The van der Waals surface area contributed by atoms with Crippen molar-refractivity contribution >= 4 is 18.5 Å². The lowest BCUT2D eigenvalue weighted by atomic mass is 10.1. The van der Waals surface area contributed by atoms with Crippen LogP contribution in [0.3, 0.4) is 0 Å². The third-order valence-electron chi connectivity index (χ3n) is 3.37. The summed E-state index contributed by atoms with van der Waals surface area (Å²) in [4.78, 5) is 11.8. The Hall–Kier alpha value is -0.960. The molecule has 0 bridgehead atoms. The molecule has 1 N–H and O–H groups in total. The van der Waals surface area contributed by atoms with Gasteiger partial charge in [0.25, 0.3) is 0 Å². The van der Waals surface area contributed by atoms with Gasteiger partial charge in [-0.1, -0.05) is 37.3 Å². The Balaban J connectivity index is 1.79. The molecule has 3 heteroatoms. The van der Waals surface area contributed by atoms with E-state index in [2.05, 4.69) is 24.9 Å². The number of rotatable bonds is 5. The Kier molecular flexibility index (Phi) is 3.77. The molecule has 0 heterocycles. The molecule has 92 valence electrons. The molecule has 2 nitrogen and oxygen atoms in total. The van der Waals surface area contributed by atoms with E-state index in [9.17, 15) is 4.79 Å². The van der Waals surface area contributed by atoms with Crippen molar-refractivity contribution in [2.45, 2.75) is 31.4 Å². The lowest BCUT2D eigenvalue weighted by Gasteiger charge is -2.14. The molecule has 1 saturated carbocycles. The van der Waals surface area contributed by atoms with Crippen LogP contribution in [0.15, 0.2) is 30.3 Å². The zero-order valence-corrected chi connectivity index (χ0v) is 11.0. The van der Waals surface area contributed by atoms with Gasteiger partial charge in [-0.3, -0.25) is 4.79 Å². The lowest BCUT2D eigenvalue weighted by molar-refractivity contribution is -0.120. The Bertz CT molecular complexity index is 386. The van der Waals surface area contributed by atoms with Gasteiger partial charge in [-0.05, 0) is 30.2 Å². The maximum Gasteiger partial charge on any atom is 0.233 e. The zero-order chi connectivity index (χ0) is 12.3. The first kappa shape index (κ1) is 12.5. The van der Waals surface area contributed by atoms with E-state index in [4.69, 9.17) is 0 Å². The van der Waals surface area contributed by atoms with Crippen LogP contribution in [0.4, 0.5) is 0 Å². The minimum absolute atomic E-state index is 0.0466. The highest BCUT2D eigenvalue weighted by atomic mass is 32.1. The van der Waals surface area contributed by atoms with Crippen molar-refractivity contribution < 1.29 is 4.79 Å². The van der Waals surface area contributed by atoms with Crippen molar-refractivity contribution in [2.24, 2.45) is 5.41 Å². The van der Waals surface area contributed by atoms with Gasteiger partial charge in [-0.15, -0.1) is 0 Å². The van der Waals surface area contributed by atoms with Gasteiger partial charge in [0, 0.05) is 6.54 Å². The fourth-order valence-electron chi connectivity index (χ4n) is 1.74. The van der Waals surface area contributed by atoms with Crippen molar-refractivity contribution in [1.29, 1.82) is 0 Å². The zero-order valence-electron chi connectivity index (χ0n) is 10.1. The molecule has 0 aromatic heterocycles. The summed E-state index contributed by atoms with van der Waals surface area (Å²) in [5.41, 5.74) is 1.51. The predicted octanol–water partition coefficient (Wildman–Crippen LogP) is 2.44. The molecule has 1 aliphatic carbocycles. The topological polar surface area (TPSA) is 29.1 Å². The van der Waals surface area contributed by atoms with Crippen molar-refractivity contribution in [3.8, 4) is 0 Å². The van der Waals surface area contributed by atoms with Gasteiger partial charge in [-0.2, -0.15) is 12.6 Å². The van der Waals surface area contributed by atoms with Crippen LogP contribution in [0.2, 0.25) is 0 Å². The smallest absolute Gasteiger partial charge is 0.233 e. The van der Waals surface area contributed by atoms with Crippen LogP contribution < -0.4 is 5.32 Å². The second-order valence-electron chi connectivity index (χ2n) is 5.23. The fourth-order valence-corrected chi connectivity index (χ4v) is 2.04. The minimum atomic E-state index is -0.250. The second-order valence-corrected chi connectivity index (χ2v) is 5.86. The molecule has 0 radical (unpaired) electrons. The average molecular weight is 249 g/mol. The number of thiol groups is 1. The van der Waals surface area contributed by atoms with Crippen LogP contribution in [0, 0.1) is 5.41 Å². The van der Waals surface area contributed by atoms with E-state index in [-0.39, 0.29) is 11.2 Å². The number of amides is 1. The molecular formula is C14H19NOS. The maximum atomic E-state index is 11.8. The number of carbonyl (C=O) groups excluding carboxylic acids is 1. The Morgan fingerprint density at radius 2 is 2.06 bits per heavy atom. The van der Waals surface area contributed by atoms with Gasteiger partial charge in [0.15, 0.2) is 0 Å². The summed E-state index contributed by atoms with van der Waals surface area (Å²) >= 11 is 4.37. The molecule has 1 aliphatic rings. The predicted molar refractivity (Wildman–Crippen MR) is 73.3 cm³/mol. The van der Waals surface area contributed by atoms with E-state index in [1.165, 1.54) is 12.8 Å². The summed E-state index contributed by atoms with van der Waals surface area (Å²) in [5, 5.41) is 2.74. The van der Waals surface area contributed by atoms with Gasteiger partial charge >= 0.3 is 0 Å². The highest BCUT2D eigenvalue weighted by Crippen LogP contribution is 2.44. The molecule has 1 aromatic carbocycles. The Morgan fingerprint density at radius 3 is 2.65 bits per heavy atom. The van der Waals surface area contributed by atoms with Crippen molar-refractivity contribution in [2.75, 3.05) is 6.54 Å². The van der Waals surface area contributed by atoms with Crippen LogP contribution in [0.1, 0.15) is 25.3 Å². The molecule has 1 amide bonds. The van der Waals surface area contributed by atoms with Gasteiger partial charge in [0.2, 0.25) is 5.91 Å². The highest BCUT2D eigenvalue weighted by Gasteiger charge is 2.37. The summed E-state index contributed by atoms with van der Waals surface area (Å²) < 4.78 is 0. The number of nitrogens with one attached hydrogen (secondary N) is 1. The monoisotopic (exact) mass is 249 g/mol. The van der Waals surface area contributed by atoms with Crippen LogP contribution in [-0.4, -0.2) is 17.7 Å². The van der Waals surface area contributed by atoms with E-state index in [1.54, 1.807) is 0 Å². The minimum Gasteiger partial charge on any atom is -0.355 e. The molecule has 0 aliphatic heterocycles. The normalized spacial score (nSPS) is 18.5. The first-order chi connectivity index (χ1) is 8.09. The van der Waals surface area contributed by atoms with E-state index in [1.807, 2.05) is 30.3 Å². The fraction of sp³-hybridized carbons (Fsp3) is 0.500. The summed E-state index contributed by atoms with van der Waals surface area (Å²) in [6.07, 6.45) is 3.14. The van der Waals surface area contributed by atoms with Crippen LogP contribution in [0.5, 0.6) is 0 Å². The molecule has 17 heavy (non-hydrogen) atoms. The van der Waals surface area contributed by atoms with E-state index in [0.717, 1.165) is 12.1 Å². The maximum absolute atomic E-state index is 11.8. The van der Waals surface area contributed by atoms with Crippen LogP contribution in [-0.2, 0) is 11.2 Å². The van der Waals surface area contributed by atoms with Gasteiger partial charge in [0.1, 0.15) is 0 Å². The number of hydrogen-bond acceptors (Lipinski definition) is 2. The van der Waals surface area contributed by atoms with Gasteiger partial charge < -0.3 is 5.32 Å². The Morgan fingerprint density at radius 1 is 1.41 bits per heavy atom. The molecule has 2 rings (SSSR count).